The highest BCUT2D eigenvalue weighted by Crippen LogP contribution is 2.68. The number of amides is 1. The molecule has 182 valence electrons. The van der Waals surface area contributed by atoms with Crippen molar-refractivity contribution in [1.29, 1.82) is 0 Å². The SMILES string of the molecule is C[C@H](CCC(=O)NCC(=O)O)[C@@H]1CC[C@@H]2[C@H]3[C@H](O)C[C@H]4C[C@@H](O)CC[C@]4(C)[C@@H]3CC[C@@]21C. The Labute approximate surface area is 192 Å². The second kappa shape index (κ2) is 8.90. The summed E-state index contributed by atoms with van der Waals surface area (Å²) in [5, 5.41) is 32.8. The van der Waals surface area contributed by atoms with Crippen LogP contribution in [0, 0.1) is 46.3 Å². The number of carbonyl (C=O) groups is 2. The molecular weight excluding hydrogens is 406 g/mol. The number of hydrogen-bond acceptors (Lipinski definition) is 4. The number of carboxylic acid groups (broad SMARTS) is 1. The molecule has 4 aliphatic carbocycles. The van der Waals surface area contributed by atoms with Gasteiger partial charge in [0.1, 0.15) is 6.54 Å². The summed E-state index contributed by atoms with van der Waals surface area (Å²) in [6, 6.07) is 0. The average Bonchev–Trinajstić information content (AvgIpc) is 3.09. The third kappa shape index (κ3) is 4.11. The van der Waals surface area contributed by atoms with E-state index in [2.05, 4.69) is 26.1 Å². The number of aliphatic hydroxyl groups excluding tert-OH is 2. The van der Waals surface area contributed by atoms with Crippen LogP contribution in [0.3, 0.4) is 0 Å². The molecule has 0 heterocycles. The fraction of sp³-hybridized carbons (Fsp3) is 0.923. The number of fused-ring (bicyclic) bond motifs is 5. The van der Waals surface area contributed by atoms with Crippen molar-refractivity contribution in [1.82, 2.24) is 5.32 Å². The Morgan fingerprint density at radius 3 is 2.41 bits per heavy atom. The minimum absolute atomic E-state index is 0.177. The summed E-state index contributed by atoms with van der Waals surface area (Å²) in [5.74, 6) is 1.66. The molecule has 0 aromatic rings. The van der Waals surface area contributed by atoms with Crippen molar-refractivity contribution in [3.63, 3.8) is 0 Å². The molecule has 4 rings (SSSR count). The van der Waals surface area contributed by atoms with E-state index in [1.165, 1.54) is 12.8 Å². The Balaban J connectivity index is 1.44. The molecule has 0 spiro atoms. The first-order chi connectivity index (χ1) is 15.1. The molecule has 0 radical (unpaired) electrons. The van der Waals surface area contributed by atoms with Gasteiger partial charge in [0, 0.05) is 6.42 Å². The monoisotopic (exact) mass is 449 g/mol. The van der Waals surface area contributed by atoms with Crippen LogP contribution >= 0.6 is 0 Å². The smallest absolute Gasteiger partial charge is 0.322 e. The molecule has 6 heteroatoms. The standard InChI is InChI=1S/C26H43NO5/c1-15(4-7-22(30)27-14-23(31)32)18-5-6-19-24-20(9-11-26(18,19)3)25(2)10-8-17(28)12-16(25)13-21(24)29/h15-21,24,28-29H,4-14H2,1-3H3,(H,27,30)(H,31,32)/t15-,16-,17+,18+,19-,20-,21-,24-,25+,26-/m1/s1. The lowest BCUT2D eigenvalue weighted by Crippen LogP contribution is -2.58. The zero-order chi connectivity index (χ0) is 23.3. The minimum atomic E-state index is -1.01. The number of aliphatic carboxylic acids is 1. The van der Waals surface area contributed by atoms with Crippen molar-refractivity contribution in [2.24, 2.45) is 46.3 Å². The molecule has 0 saturated heterocycles. The summed E-state index contributed by atoms with van der Waals surface area (Å²) >= 11 is 0. The third-order valence-electron chi connectivity index (χ3n) is 10.7. The van der Waals surface area contributed by atoms with E-state index >= 15 is 0 Å². The Hall–Kier alpha value is -1.14. The van der Waals surface area contributed by atoms with Crippen LogP contribution in [0.1, 0.15) is 85.0 Å². The number of rotatable bonds is 6. The van der Waals surface area contributed by atoms with E-state index in [9.17, 15) is 19.8 Å². The summed E-state index contributed by atoms with van der Waals surface area (Å²) < 4.78 is 0. The van der Waals surface area contributed by atoms with Crippen LogP contribution < -0.4 is 5.32 Å². The fourth-order valence-corrected chi connectivity index (χ4v) is 9.00. The number of nitrogens with one attached hydrogen (secondary N) is 1. The van der Waals surface area contributed by atoms with E-state index in [-0.39, 0.29) is 35.5 Å². The van der Waals surface area contributed by atoms with Crippen LogP contribution in [0.2, 0.25) is 0 Å². The highest BCUT2D eigenvalue weighted by atomic mass is 16.4. The normalized spacial score (nSPS) is 46.5. The fourth-order valence-electron chi connectivity index (χ4n) is 9.00. The van der Waals surface area contributed by atoms with Gasteiger partial charge in [-0.1, -0.05) is 20.8 Å². The van der Waals surface area contributed by atoms with Crippen molar-refractivity contribution in [2.45, 2.75) is 97.2 Å². The number of hydrogen-bond donors (Lipinski definition) is 4. The predicted octanol–water partition coefficient (Wildman–Crippen LogP) is 3.59. The van der Waals surface area contributed by atoms with Crippen LogP contribution in [0.25, 0.3) is 0 Å². The van der Waals surface area contributed by atoms with E-state index in [1.54, 1.807) is 0 Å². The van der Waals surface area contributed by atoms with Crippen LogP contribution in [0.5, 0.6) is 0 Å². The lowest BCUT2D eigenvalue weighted by Gasteiger charge is -2.62. The van der Waals surface area contributed by atoms with Crippen LogP contribution in [0.15, 0.2) is 0 Å². The van der Waals surface area contributed by atoms with Gasteiger partial charge in [0.25, 0.3) is 0 Å². The molecule has 0 aromatic heterocycles. The van der Waals surface area contributed by atoms with E-state index in [0.717, 1.165) is 44.9 Å². The molecule has 0 unspecified atom stereocenters. The molecular formula is C26H43NO5. The average molecular weight is 450 g/mol. The zero-order valence-electron chi connectivity index (χ0n) is 20.1. The van der Waals surface area contributed by atoms with Gasteiger partial charge >= 0.3 is 5.97 Å². The van der Waals surface area contributed by atoms with Gasteiger partial charge in [-0.3, -0.25) is 9.59 Å². The number of carbonyl (C=O) groups excluding carboxylic acids is 1. The topological polar surface area (TPSA) is 107 Å². The molecule has 4 N–H and O–H groups in total. The van der Waals surface area contributed by atoms with Crippen LogP contribution in [0.4, 0.5) is 0 Å². The van der Waals surface area contributed by atoms with Gasteiger partial charge in [-0.05, 0) is 104 Å². The van der Waals surface area contributed by atoms with Crippen molar-refractivity contribution < 1.29 is 24.9 Å². The molecule has 0 aromatic carbocycles. The van der Waals surface area contributed by atoms with Crippen molar-refractivity contribution >= 4 is 11.9 Å². The molecule has 6 nitrogen and oxygen atoms in total. The van der Waals surface area contributed by atoms with Gasteiger partial charge in [0.05, 0.1) is 12.2 Å². The Kier molecular flexibility index (Phi) is 6.68. The Morgan fingerprint density at radius 1 is 1.00 bits per heavy atom. The van der Waals surface area contributed by atoms with Crippen molar-refractivity contribution in [3.8, 4) is 0 Å². The second-order valence-electron chi connectivity index (χ2n) is 12.1. The van der Waals surface area contributed by atoms with Gasteiger partial charge in [0.15, 0.2) is 0 Å². The van der Waals surface area contributed by atoms with Gasteiger partial charge in [-0.2, -0.15) is 0 Å². The molecule has 1 amide bonds. The van der Waals surface area contributed by atoms with Crippen molar-refractivity contribution in [2.75, 3.05) is 6.54 Å². The Morgan fingerprint density at radius 2 is 1.69 bits per heavy atom. The largest absolute Gasteiger partial charge is 0.480 e. The quantitative estimate of drug-likeness (QED) is 0.496. The highest BCUT2D eigenvalue weighted by Gasteiger charge is 2.62. The number of carboxylic acids is 1. The molecule has 0 bridgehead atoms. The summed E-state index contributed by atoms with van der Waals surface area (Å²) in [5.41, 5.74) is 0.451. The maximum Gasteiger partial charge on any atom is 0.322 e. The van der Waals surface area contributed by atoms with Crippen molar-refractivity contribution in [3.05, 3.63) is 0 Å². The van der Waals surface area contributed by atoms with Crippen LogP contribution in [-0.2, 0) is 9.59 Å². The molecule has 4 saturated carbocycles. The minimum Gasteiger partial charge on any atom is -0.480 e. The number of aliphatic hydroxyl groups is 2. The van der Waals surface area contributed by atoms with Crippen LogP contribution in [-0.4, -0.2) is 45.9 Å². The molecule has 4 fully saturated rings. The maximum atomic E-state index is 12.0. The third-order valence-corrected chi connectivity index (χ3v) is 10.7. The van der Waals surface area contributed by atoms with E-state index < -0.39 is 5.97 Å². The van der Waals surface area contributed by atoms with Gasteiger partial charge in [0.2, 0.25) is 5.91 Å². The van der Waals surface area contributed by atoms with Gasteiger partial charge < -0.3 is 20.6 Å². The molecule has 10 atom stereocenters. The van der Waals surface area contributed by atoms with E-state index in [4.69, 9.17) is 5.11 Å². The van der Waals surface area contributed by atoms with Gasteiger partial charge in [-0.25, -0.2) is 0 Å². The first-order valence-electron chi connectivity index (χ1n) is 12.9. The van der Waals surface area contributed by atoms with Gasteiger partial charge in [-0.15, -0.1) is 0 Å². The summed E-state index contributed by atoms with van der Waals surface area (Å²) in [6.45, 7) is 6.83. The predicted molar refractivity (Wildman–Crippen MR) is 122 cm³/mol. The Bertz CT molecular complexity index is 727. The molecule has 4 aliphatic rings. The molecule has 0 aliphatic heterocycles. The lowest BCUT2D eigenvalue weighted by atomic mass is 9.43. The first-order valence-corrected chi connectivity index (χ1v) is 12.9. The lowest BCUT2D eigenvalue weighted by molar-refractivity contribution is -0.174. The molecule has 32 heavy (non-hydrogen) atoms. The second-order valence-corrected chi connectivity index (χ2v) is 12.1. The summed E-state index contributed by atoms with van der Waals surface area (Å²) in [7, 11) is 0. The summed E-state index contributed by atoms with van der Waals surface area (Å²) in [4.78, 5) is 22.7. The highest BCUT2D eigenvalue weighted by molar-refractivity contribution is 5.81. The zero-order valence-corrected chi connectivity index (χ0v) is 20.1. The first kappa shape index (κ1) is 24.0. The summed E-state index contributed by atoms with van der Waals surface area (Å²) in [6.07, 6.45) is 9.06. The maximum absolute atomic E-state index is 12.0. The van der Waals surface area contributed by atoms with E-state index in [1.807, 2.05) is 0 Å². The van der Waals surface area contributed by atoms with E-state index in [0.29, 0.717) is 41.9 Å².